The van der Waals surface area contributed by atoms with Gasteiger partial charge in [-0.05, 0) is 30.7 Å². The molecule has 1 unspecified atom stereocenters. The van der Waals surface area contributed by atoms with Crippen molar-refractivity contribution in [2.24, 2.45) is 0 Å². The molecule has 2 N–H and O–H groups in total. The largest absolute Gasteiger partial charge is 0.508 e. The van der Waals surface area contributed by atoms with Crippen LogP contribution in [0.2, 0.25) is 0 Å². The predicted molar refractivity (Wildman–Crippen MR) is 63.6 cm³/mol. The van der Waals surface area contributed by atoms with Crippen molar-refractivity contribution in [3.05, 3.63) is 29.3 Å². The molecule has 0 fully saturated rings. The zero-order valence-electron chi connectivity index (χ0n) is 8.75. The Labute approximate surface area is 97.6 Å². The number of rotatable bonds is 3. The lowest BCUT2D eigenvalue weighted by molar-refractivity contribution is 0.0954. The molecule has 4 heteroatoms. The number of carbonyl (C=O) groups is 1. The minimum absolute atomic E-state index is 0.121. The molecule has 0 aromatic heterocycles. The minimum atomic E-state index is -0.121. The third kappa shape index (κ3) is 3.55. The smallest absolute Gasteiger partial charge is 0.251 e. The maximum absolute atomic E-state index is 11.6. The molecule has 0 saturated carbocycles. The van der Waals surface area contributed by atoms with Gasteiger partial charge in [-0.1, -0.05) is 22.9 Å². The summed E-state index contributed by atoms with van der Waals surface area (Å²) in [7, 11) is 0. The highest BCUT2D eigenvalue weighted by molar-refractivity contribution is 9.09. The van der Waals surface area contributed by atoms with Gasteiger partial charge in [-0.3, -0.25) is 4.79 Å². The average molecular weight is 272 g/mol. The van der Waals surface area contributed by atoms with E-state index in [1.807, 2.05) is 6.92 Å². The molecule has 0 aliphatic rings. The number of hydrogen-bond donors (Lipinski definition) is 2. The molecular formula is C11H14BrNO2. The van der Waals surface area contributed by atoms with Gasteiger partial charge < -0.3 is 10.4 Å². The SMILES string of the molecule is Cc1cc(C(=O)NCC(C)Br)ccc1O. The Morgan fingerprint density at radius 1 is 1.60 bits per heavy atom. The Kier molecular flexibility index (Phi) is 4.15. The summed E-state index contributed by atoms with van der Waals surface area (Å²) in [4.78, 5) is 11.8. The summed E-state index contributed by atoms with van der Waals surface area (Å²) in [6, 6.07) is 4.81. The molecule has 1 amide bonds. The van der Waals surface area contributed by atoms with Gasteiger partial charge in [0, 0.05) is 16.9 Å². The van der Waals surface area contributed by atoms with Crippen LogP contribution in [0.25, 0.3) is 0 Å². The van der Waals surface area contributed by atoms with Crippen molar-refractivity contribution in [1.82, 2.24) is 5.32 Å². The second-order valence-corrected chi connectivity index (χ2v) is 5.06. The fraction of sp³-hybridized carbons (Fsp3) is 0.364. The molecule has 82 valence electrons. The number of aromatic hydroxyl groups is 1. The molecule has 1 aromatic rings. The monoisotopic (exact) mass is 271 g/mol. The number of phenols is 1. The third-order valence-corrected chi connectivity index (χ3v) is 2.33. The van der Waals surface area contributed by atoms with Crippen molar-refractivity contribution >= 4 is 21.8 Å². The maximum Gasteiger partial charge on any atom is 0.251 e. The van der Waals surface area contributed by atoms with E-state index in [2.05, 4.69) is 21.2 Å². The van der Waals surface area contributed by atoms with Crippen LogP contribution in [0, 0.1) is 6.92 Å². The standard InChI is InChI=1S/C11H14BrNO2/c1-7-5-9(3-4-10(7)14)11(15)13-6-8(2)12/h3-5,8,14H,6H2,1-2H3,(H,13,15). The van der Waals surface area contributed by atoms with Crippen molar-refractivity contribution in [3.8, 4) is 5.75 Å². The lowest BCUT2D eigenvalue weighted by Crippen LogP contribution is -2.28. The van der Waals surface area contributed by atoms with Gasteiger partial charge in [-0.25, -0.2) is 0 Å². The van der Waals surface area contributed by atoms with Crippen molar-refractivity contribution in [3.63, 3.8) is 0 Å². The van der Waals surface area contributed by atoms with Gasteiger partial charge in [0.1, 0.15) is 5.75 Å². The quantitative estimate of drug-likeness (QED) is 0.829. The summed E-state index contributed by atoms with van der Waals surface area (Å²) in [5.74, 6) is 0.0878. The van der Waals surface area contributed by atoms with E-state index in [0.717, 1.165) is 0 Å². The van der Waals surface area contributed by atoms with E-state index in [0.29, 0.717) is 17.7 Å². The van der Waals surface area contributed by atoms with Gasteiger partial charge in [0.2, 0.25) is 0 Å². The van der Waals surface area contributed by atoms with Crippen LogP contribution in [0.5, 0.6) is 5.75 Å². The number of hydrogen-bond acceptors (Lipinski definition) is 2. The topological polar surface area (TPSA) is 49.3 Å². The number of alkyl halides is 1. The van der Waals surface area contributed by atoms with Crippen LogP contribution >= 0.6 is 15.9 Å². The van der Waals surface area contributed by atoms with E-state index >= 15 is 0 Å². The van der Waals surface area contributed by atoms with Crippen LogP contribution in [0.3, 0.4) is 0 Å². The van der Waals surface area contributed by atoms with Gasteiger partial charge in [0.15, 0.2) is 0 Å². The third-order valence-electron chi connectivity index (χ3n) is 2.00. The highest BCUT2D eigenvalue weighted by atomic mass is 79.9. The molecule has 3 nitrogen and oxygen atoms in total. The van der Waals surface area contributed by atoms with Gasteiger partial charge in [-0.2, -0.15) is 0 Å². The summed E-state index contributed by atoms with van der Waals surface area (Å²) in [5.41, 5.74) is 1.27. The summed E-state index contributed by atoms with van der Waals surface area (Å²) in [5, 5.41) is 12.1. The molecule has 0 aliphatic carbocycles. The predicted octanol–water partition coefficient (Wildman–Crippen LogP) is 2.21. The van der Waals surface area contributed by atoms with E-state index in [-0.39, 0.29) is 16.5 Å². The number of amides is 1. The van der Waals surface area contributed by atoms with Crippen molar-refractivity contribution in [1.29, 1.82) is 0 Å². The molecule has 1 atom stereocenters. The average Bonchev–Trinajstić information content (AvgIpc) is 2.18. The molecule has 0 saturated heterocycles. The van der Waals surface area contributed by atoms with Crippen LogP contribution in [0.4, 0.5) is 0 Å². The molecule has 0 spiro atoms. The van der Waals surface area contributed by atoms with Gasteiger partial charge in [0.25, 0.3) is 5.91 Å². The fourth-order valence-electron chi connectivity index (χ4n) is 1.13. The first-order valence-corrected chi connectivity index (χ1v) is 5.64. The summed E-state index contributed by atoms with van der Waals surface area (Å²) in [6.45, 7) is 4.31. The molecule has 1 rings (SSSR count). The fourth-order valence-corrected chi connectivity index (χ4v) is 1.29. The summed E-state index contributed by atoms with van der Waals surface area (Å²) >= 11 is 3.35. The van der Waals surface area contributed by atoms with E-state index in [1.165, 1.54) is 6.07 Å². The highest BCUT2D eigenvalue weighted by Crippen LogP contribution is 2.16. The summed E-state index contributed by atoms with van der Waals surface area (Å²) < 4.78 is 0. The lowest BCUT2D eigenvalue weighted by atomic mass is 10.1. The Morgan fingerprint density at radius 2 is 2.27 bits per heavy atom. The first-order valence-electron chi connectivity index (χ1n) is 4.72. The van der Waals surface area contributed by atoms with E-state index in [9.17, 15) is 9.90 Å². The number of halogens is 1. The van der Waals surface area contributed by atoms with Crippen LogP contribution in [0.15, 0.2) is 18.2 Å². The van der Waals surface area contributed by atoms with Crippen molar-refractivity contribution in [2.75, 3.05) is 6.54 Å². The molecule has 0 heterocycles. The molecular weight excluding hydrogens is 258 g/mol. The Bertz CT molecular complexity index is 364. The highest BCUT2D eigenvalue weighted by Gasteiger charge is 2.07. The second kappa shape index (κ2) is 5.16. The van der Waals surface area contributed by atoms with Crippen molar-refractivity contribution in [2.45, 2.75) is 18.7 Å². The minimum Gasteiger partial charge on any atom is -0.508 e. The maximum atomic E-state index is 11.6. The Hall–Kier alpha value is -1.03. The van der Waals surface area contributed by atoms with Gasteiger partial charge in [-0.15, -0.1) is 0 Å². The molecule has 15 heavy (non-hydrogen) atoms. The van der Waals surface area contributed by atoms with E-state index in [4.69, 9.17) is 0 Å². The van der Waals surface area contributed by atoms with Crippen LogP contribution in [0.1, 0.15) is 22.8 Å². The molecule has 0 aliphatic heterocycles. The summed E-state index contributed by atoms with van der Waals surface area (Å²) in [6.07, 6.45) is 0. The second-order valence-electron chi connectivity index (χ2n) is 3.49. The molecule has 1 aromatic carbocycles. The van der Waals surface area contributed by atoms with Crippen LogP contribution < -0.4 is 5.32 Å². The van der Waals surface area contributed by atoms with Crippen LogP contribution in [-0.2, 0) is 0 Å². The first-order chi connectivity index (χ1) is 7.00. The normalized spacial score (nSPS) is 12.2. The zero-order valence-corrected chi connectivity index (χ0v) is 10.3. The van der Waals surface area contributed by atoms with E-state index < -0.39 is 0 Å². The van der Waals surface area contributed by atoms with Crippen molar-refractivity contribution < 1.29 is 9.90 Å². The number of benzene rings is 1. The number of phenolic OH excluding ortho intramolecular Hbond substituents is 1. The van der Waals surface area contributed by atoms with Gasteiger partial charge >= 0.3 is 0 Å². The Morgan fingerprint density at radius 3 is 2.80 bits per heavy atom. The lowest BCUT2D eigenvalue weighted by Gasteiger charge is -2.07. The van der Waals surface area contributed by atoms with Gasteiger partial charge in [0.05, 0.1) is 0 Å². The van der Waals surface area contributed by atoms with Crippen LogP contribution in [-0.4, -0.2) is 22.4 Å². The molecule has 0 radical (unpaired) electrons. The zero-order chi connectivity index (χ0) is 11.4. The van der Waals surface area contributed by atoms with E-state index in [1.54, 1.807) is 19.1 Å². The number of aryl methyl sites for hydroxylation is 1. The molecule has 0 bridgehead atoms. The number of carbonyl (C=O) groups excluding carboxylic acids is 1. The first kappa shape index (κ1) is 12.0. The Balaban J connectivity index is 2.70. The number of nitrogens with one attached hydrogen (secondary N) is 1.